The standard InChI is InChI=1S/C21H30N5OP/c1-15-11-16(2)13-17(12-15)9-10-22-20-23-14-24-21(26-20)25-18-5-7-19(8-6-18)28(3,4)27/h5-8,14,16-17H,1,9-13H2,2-4H3,(H2,22,23,24,25,26). The summed E-state index contributed by atoms with van der Waals surface area (Å²) in [5.41, 5.74) is 2.23. The highest BCUT2D eigenvalue weighted by Gasteiger charge is 2.20. The number of hydrogen-bond donors (Lipinski definition) is 2. The summed E-state index contributed by atoms with van der Waals surface area (Å²) in [5.74, 6) is 2.49. The van der Waals surface area contributed by atoms with Crippen molar-refractivity contribution < 1.29 is 4.57 Å². The molecule has 1 aromatic heterocycles. The molecule has 3 rings (SSSR count). The zero-order valence-electron chi connectivity index (χ0n) is 17.0. The van der Waals surface area contributed by atoms with Crippen molar-refractivity contribution in [1.29, 1.82) is 0 Å². The molecule has 0 radical (unpaired) electrons. The van der Waals surface area contributed by atoms with E-state index in [-0.39, 0.29) is 0 Å². The molecule has 2 N–H and O–H groups in total. The fraction of sp³-hybridized carbons (Fsp3) is 0.476. The average Bonchev–Trinajstić information content (AvgIpc) is 2.61. The zero-order valence-corrected chi connectivity index (χ0v) is 17.9. The van der Waals surface area contributed by atoms with Gasteiger partial charge in [0.2, 0.25) is 11.9 Å². The van der Waals surface area contributed by atoms with Gasteiger partial charge in [0.05, 0.1) is 0 Å². The summed E-state index contributed by atoms with van der Waals surface area (Å²) in [4.78, 5) is 12.8. The van der Waals surface area contributed by atoms with Crippen LogP contribution in [0.3, 0.4) is 0 Å². The van der Waals surface area contributed by atoms with Crippen molar-refractivity contribution in [3.05, 3.63) is 42.7 Å². The molecule has 1 saturated carbocycles. The fourth-order valence-electron chi connectivity index (χ4n) is 3.80. The van der Waals surface area contributed by atoms with Crippen molar-refractivity contribution in [2.24, 2.45) is 11.8 Å². The molecule has 2 unspecified atom stereocenters. The molecule has 1 fully saturated rings. The highest BCUT2D eigenvalue weighted by Crippen LogP contribution is 2.35. The van der Waals surface area contributed by atoms with Crippen molar-refractivity contribution in [3.8, 4) is 0 Å². The molecule has 28 heavy (non-hydrogen) atoms. The minimum Gasteiger partial charge on any atom is -0.354 e. The Morgan fingerprint density at radius 2 is 1.86 bits per heavy atom. The molecule has 0 aliphatic heterocycles. The quantitative estimate of drug-likeness (QED) is 0.521. The van der Waals surface area contributed by atoms with Crippen molar-refractivity contribution in [3.63, 3.8) is 0 Å². The van der Waals surface area contributed by atoms with E-state index in [4.69, 9.17) is 0 Å². The van der Waals surface area contributed by atoms with Crippen molar-refractivity contribution in [2.75, 3.05) is 30.5 Å². The third-order valence-corrected chi connectivity index (χ3v) is 6.64. The van der Waals surface area contributed by atoms with Crippen molar-refractivity contribution in [2.45, 2.75) is 32.6 Å². The summed E-state index contributed by atoms with van der Waals surface area (Å²) < 4.78 is 12.1. The highest BCUT2D eigenvalue weighted by molar-refractivity contribution is 7.70. The number of rotatable bonds is 7. The minimum atomic E-state index is -2.25. The molecule has 1 heterocycles. The van der Waals surface area contributed by atoms with Crippen LogP contribution in [0.1, 0.15) is 32.6 Å². The molecule has 0 spiro atoms. The van der Waals surface area contributed by atoms with Gasteiger partial charge >= 0.3 is 0 Å². The van der Waals surface area contributed by atoms with Gasteiger partial charge in [-0.25, -0.2) is 9.97 Å². The van der Waals surface area contributed by atoms with E-state index < -0.39 is 7.14 Å². The second-order valence-electron chi connectivity index (χ2n) is 8.24. The predicted octanol–water partition coefficient (Wildman–Crippen LogP) is 4.66. The van der Waals surface area contributed by atoms with Gasteiger partial charge in [-0.1, -0.05) is 19.1 Å². The van der Waals surface area contributed by atoms with Gasteiger partial charge < -0.3 is 15.2 Å². The number of nitrogens with one attached hydrogen (secondary N) is 2. The molecule has 0 bridgehead atoms. The smallest absolute Gasteiger partial charge is 0.231 e. The van der Waals surface area contributed by atoms with Gasteiger partial charge in [0, 0.05) is 17.5 Å². The number of nitrogens with zero attached hydrogens (tertiary/aromatic N) is 3. The second-order valence-corrected chi connectivity index (χ2v) is 11.5. The summed E-state index contributed by atoms with van der Waals surface area (Å²) in [6.45, 7) is 10.9. The Labute approximate surface area is 167 Å². The maximum absolute atomic E-state index is 12.1. The monoisotopic (exact) mass is 399 g/mol. The number of allylic oxidation sites excluding steroid dienone is 1. The molecule has 0 amide bonds. The molecule has 150 valence electrons. The van der Waals surface area contributed by atoms with Gasteiger partial charge in [-0.3, -0.25) is 0 Å². The van der Waals surface area contributed by atoms with Gasteiger partial charge in [-0.15, -0.1) is 0 Å². The van der Waals surface area contributed by atoms with Crippen LogP contribution >= 0.6 is 7.14 Å². The van der Waals surface area contributed by atoms with E-state index in [0.717, 1.165) is 36.3 Å². The first-order chi connectivity index (χ1) is 13.3. The molecule has 2 aromatic rings. The number of benzene rings is 1. The lowest BCUT2D eigenvalue weighted by Crippen LogP contribution is -2.18. The molecule has 0 saturated heterocycles. The normalized spacial score (nSPS) is 20.0. The minimum absolute atomic E-state index is 0.487. The van der Waals surface area contributed by atoms with Crippen LogP contribution in [0.15, 0.2) is 42.7 Å². The Morgan fingerprint density at radius 3 is 2.54 bits per heavy atom. The summed E-state index contributed by atoms with van der Waals surface area (Å²) in [7, 11) is -2.25. The first-order valence-corrected chi connectivity index (χ1v) is 12.4. The van der Waals surface area contributed by atoms with Gasteiger partial charge in [0.1, 0.15) is 13.5 Å². The second kappa shape index (κ2) is 8.87. The first kappa shape index (κ1) is 20.5. The molecule has 1 aliphatic carbocycles. The SMILES string of the molecule is C=C1CC(C)CC(CCNc2ncnc(Nc3ccc(P(C)(C)=O)cc3)n2)C1. The van der Waals surface area contributed by atoms with E-state index in [0.29, 0.717) is 17.8 Å². The van der Waals surface area contributed by atoms with Gasteiger partial charge in [-0.05, 0) is 75.1 Å². The van der Waals surface area contributed by atoms with Crippen LogP contribution in [0, 0.1) is 11.8 Å². The van der Waals surface area contributed by atoms with E-state index in [9.17, 15) is 4.57 Å². The van der Waals surface area contributed by atoms with Crippen LogP contribution in [0.25, 0.3) is 0 Å². The largest absolute Gasteiger partial charge is 0.354 e. The molecule has 2 atom stereocenters. The zero-order chi connectivity index (χ0) is 20.1. The van der Waals surface area contributed by atoms with Crippen LogP contribution in [-0.4, -0.2) is 34.8 Å². The number of anilines is 3. The summed E-state index contributed by atoms with van der Waals surface area (Å²) in [6, 6.07) is 7.54. The highest BCUT2D eigenvalue weighted by atomic mass is 31.2. The third kappa shape index (κ3) is 5.90. The Kier molecular flexibility index (Phi) is 6.50. The topological polar surface area (TPSA) is 79.8 Å². The molecule has 6 nitrogen and oxygen atoms in total. The third-order valence-electron chi connectivity index (χ3n) is 5.10. The fourth-order valence-corrected chi connectivity index (χ4v) is 4.67. The van der Waals surface area contributed by atoms with Crippen LogP contribution < -0.4 is 15.9 Å². The van der Waals surface area contributed by atoms with Crippen LogP contribution in [0.5, 0.6) is 0 Å². The van der Waals surface area contributed by atoms with Gasteiger partial charge in [0.25, 0.3) is 0 Å². The molecule has 7 heteroatoms. The maximum Gasteiger partial charge on any atom is 0.231 e. The Hall–Kier alpha value is -2.20. The lowest BCUT2D eigenvalue weighted by molar-refractivity contribution is 0.326. The number of aromatic nitrogens is 3. The van der Waals surface area contributed by atoms with Crippen LogP contribution in [0.4, 0.5) is 17.6 Å². The van der Waals surface area contributed by atoms with Gasteiger partial charge in [-0.2, -0.15) is 4.98 Å². The molecular formula is C21H30N5OP. The Bertz CT molecular complexity index is 861. The summed E-state index contributed by atoms with van der Waals surface area (Å²) in [6.07, 6.45) is 6.16. The predicted molar refractivity (Wildman–Crippen MR) is 117 cm³/mol. The van der Waals surface area contributed by atoms with E-state index in [1.165, 1.54) is 24.7 Å². The van der Waals surface area contributed by atoms with Crippen molar-refractivity contribution >= 4 is 30.0 Å². The lowest BCUT2D eigenvalue weighted by atomic mass is 9.78. The molecule has 1 aromatic carbocycles. The van der Waals surface area contributed by atoms with Crippen LogP contribution in [0.2, 0.25) is 0 Å². The molecule has 1 aliphatic rings. The van der Waals surface area contributed by atoms with E-state index >= 15 is 0 Å². The van der Waals surface area contributed by atoms with E-state index in [1.54, 1.807) is 13.3 Å². The van der Waals surface area contributed by atoms with Crippen molar-refractivity contribution in [1.82, 2.24) is 15.0 Å². The van der Waals surface area contributed by atoms with Crippen LogP contribution in [-0.2, 0) is 4.57 Å². The average molecular weight is 399 g/mol. The Morgan fingerprint density at radius 1 is 1.14 bits per heavy atom. The first-order valence-electron chi connectivity index (χ1n) is 9.82. The lowest BCUT2D eigenvalue weighted by Gasteiger charge is -2.28. The summed E-state index contributed by atoms with van der Waals surface area (Å²) in [5, 5.41) is 7.34. The Balaban J connectivity index is 1.54. The number of hydrogen-bond acceptors (Lipinski definition) is 6. The van der Waals surface area contributed by atoms with E-state index in [1.807, 2.05) is 24.3 Å². The maximum atomic E-state index is 12.1. The summed E-state index contributed by atoms with van der Waals surface area (Å²) >= 11 is 0. The molecular weight excluding hydrogens is 369 g/mol. The van der Waals surface area contributed by atoms with E-state index in [2.05, 4.69) is 39.1 Å². The van der Waals surface area contributed by atoms with Gasteiger partial charge in [0.15, 0.2) is 0 Å².